The number of rotatable bonds is 4. The fourth-order valence-electron chi connectivity index (χ4n) is 1.91. The van der Waals surface area contributed by atoms with Crippen LogP contribution in [0.15, 0.2) is 48.5 Å². The summed E-state index contributed by atoms with van der Waals surface area (Å²) in [7, 11) is 2.06. The summed E-state index contributed by atoms with van der Waals surface area (Å²) in [5, 5.41) is 0. The lowest BCUT2D eigenvalue weighted by molar-refractivity contribution is 0.319. The van der Waals surface area contributed by atoms with Crippen molar-refractivity contribution in [2.24, 2.45) is 0 Å². The Morgan fingerprint density at radius 3 is 1.83 bits per heavy atom. The SMILES string of the molecule is [CH2]c1ccc(CN(C)Cc2ccc(F)cc2)cc1. The highest BCUT2D eigenvalue weighted by Crippen LogP contribution is 2.10. The summed E-state index contributed by atoms with van der Waals surface area (Å²) in [6.07, 6.45) is 0. The molecule has 0 spiro atoms. The van der Waals surface area contributed by atoms with Gasteiger partial charge < -0.3 is 0 Å². The zero-order valence-corrected chi connectivity index (χ0v) is 10.6. The van der Waals surface area contributed by atoms with Crippen LogP contribution in [0.1, 0.15) is 16.7 Å². The molecule has 2 heteroatoms. The van der Waals surface area contributed by atoms with Gasteiger partial charge in [0, 0.05) is 13.1 Å². The van der Waals surface area contributed by atoms with E-state index in [-0.39, 0.29) is 5.82 Å². The first-order valence-electron chi connectivity index (χ1n) is 5.97. The van der Waals surface area contributed by atoms with Gasteiger partial charge in [0.1, 0.15) is 5.82 Å². The van der Waals surface area contributed by atoms with Crippen LogP contribution in [0.3, 0.4) is 0 Å². The van der Waals surface area contributed by atoms with Gasteiger partial charge in [-0.05, 0) is 42.8 Å². The maximum Gasteiger partial charge on any atom is 0.123 e. The van der Waals surface area contributed by atoms with Crippen LogP contribution in [-0.4, -0.2) is 11.9 Å². The molecule has 2 rings (SSSR count). The molecule has 0 aliphatic carbocycles. The predicted molar refractivity (Wildman–Crippen MR) is 72.5 cm³/mol. The van der Waals surface area contributed by atoms with Crippen molar-refractivity contribution < 1.29 is 4.39 Å². The van der Waals surface area contributed by atoms with Gasteiger partial charge in [-0.25, -0.2) is 4.39 Å². The Labute approximate surface area is 108 Å². The van der Waals surface area contributed by atoms with Crippen molar-refractivity contribution >= 4 is 0 Å². The second kappa shape index (κ2) is 5.78. The average Bonchev–Trinajstić information content (AvgIpc) is 2.35. The van der Waals surface area contributed by atoms with Crippen LogP contribution in [0, 0.1) is 12.7 Å². The Morgan fingerprint density at radius 2 is 1.33 bits per heavy atom. The fourth-order valence-corrected chi connectivity index (χ4v) is 1.91. The fraction of sp³-hybridized carbons (Fsp3) is 0.188. The van der Waals surface area contributed by atoms with E-state index in [4.69, 9.17) is 0 Å². The third-order valence-corrected chi connectivity index (χ3v) is 2.84. The summed E-state index contributed by atoms with van der Waals surface area (Å²) in [4.78, 5) is 2.20. The van der Waals surface area contributed by atoms with E-state index in [1.807, 2.05) is 24.3 Å². The predicted octanol–water partition coefficient (Wildman–Crippen LogP) is 3.64. The molecule has 0 heterocycles. The molecule has 2 aromatic carbocycles. The number of halogens is 1. The van der Waals surface area contributed by atoms with Crippen molar-refractivity contribution in [2.45, 2.75) is 13.1 Å². The van der Waals surface area contributed by atoms with Crippen LogP contribution in [0.25, 0.3) is 0 Å². The molecule has 0 saturated heterocycles. The van der Waals surface area contributed by atoms with Crippen LogP contribution in [0.5, 0.6) is 0 Å². The molecule has 2 aromatic rings. The van der Waals surface area contributed by atoms with Crippen molar-refractivity contribution in [3.05, 3.63) is 78.0 Å². The van der Waals surface area contributed by atoms with Gasteiger partial charge in [0.25, 0.3) is 0 Å². The summed E-state index contributed by atoms with van der Waals surface area (Å²) in [5.41, 5.74) is 3.40. The highest BCUT2D eigenvalue weighted by Gasteiger charge is 2.02. The van der Waals surface area contributed by atoms with Gasteiger partial charge in [0.15, 0.2) is 0 Å². The van der Waals surface area contributed by atoms with E-state index >= 15 is 0 Å². The second-order valence-electron chi connectivity index (χ2n) is 4.62. The molecule has 0 saturated carbocycles. The standard InChI is InChI=1S/C16H17FN/c1-13-3-5-14(6-4-13)11-18(2)12-15-7-9-16(17)10-8-15/h3-10H,1,11-12H2,2H3. The molecule has 0 N–H and O–H groups in total. The average molecular weight is 242 g/mol. The summed E-state index contributed by atoms with van der Waals surface area (Å²) < 4.78 is 12.8. The monoisotopic (exact) mass is 242 g/mol. The molecule has 0 aliphatic heterocycles. The van der Waals surface area contributed by atoms with E-state index in [0.717, 1.165) is 24.2 Å². The molecule has 0 aromatic heterocycles. The first-order valence-corrected chi connectivity index (χ1v) is 5.97. The minimum Gasteiger partial charge on any atom is -0.298 e. The Balaban J connectivity index is 1.94. The molecule has 93 valence electrons. The van der Waals surface area contributed by atoms with Crippen molar-refractivity contribution in [3.63, 3.8) is 0 Å². The molecular weight excluding hydrogens is 225 g/mol. The van der Waals surface area contributed by atoms with E-state index in [1.165, 1.54) is 17.7 Å². The quantitative estimate of drug-likeness (QED) is 0.791. The molecule has 0 unspecified atom stereocenters. The first-order chi connectivity index (χ1) is 8.63. The van der Waals surface area contributed by atoms with Gasteiger partial charge in [-0.2, -0.15) is 0 Å². The van der Waals surface area contributed by atoms with Crippen molar-refractivity contribution in [3.8, 4) is 0 Å². The Morgan fingerprint density at radius 1 is 0.889 bits per heavy atom. The van der Waals surface area contributed by atoms with Crippen molar-refractivity contribution in [1.82, 2.24) is 4.90 Å². The molecule has 1 nitrogen and oxygen atoms in total. The van der Waals surface area contributed by atoms with Crippen LogP contribution >= 0.6 is 0 Å². The zero-order chi connectivity index (χ0) is 13.0. The van der Waals surface area contributed by atoms with Crippen LogP contribution in [0.4, 0.5) is 4.39 Å². The van der Waals surface area contributed by atoms with Gasteiger partial charge in [-0.1, -0.05) is 36.4 Å². The summed E-state index contributed by atoms with van der Waals surface area (Å²) in [5.74, 6) is -0.188. The van der Waals surface area contributed by atoms with E-state index in [1.54, 1.807) is 0 Å². The van der Waals surface area contributed by atoms with Gasteiger partial charge in [0.05, 0.1) is 0 Å². The highest BCUT2D eigenvalue weighted by atomic mass is 19.1. The van der Waals surface area contributed by atoms with E-state index in [2.05, 4.69) is 31.0 Å². The lowest BCUT2D eigenvalue weighted by atomic mass is 10.1. The molecule has 0 amide bonds. The number of hydrogen-bond acceptors (Lipinski definition) is 1. The number of benzene rings is 2. The first kappa shape index (κ1) is 12.8. The highest BCUT2D eigenvalue weighted by molar-refractivity contribution is 5.24. The maximum atomic E-state index is 12.8. The van der Waals surface area contributed by atoms with E-state index in [0.29, 0.717) is 0 Å². The lowest BCUT2D eigenvalue weighted by Gasteiger charge is -2.17. The largest absolute Gasteiger partial charge is 0.298 e. The minimum absolute atomic E-state index is 0.188. The molecular formula is C16H17FN. The maximum absolute atomic E-state index is 12.8. The summed E-state index contributed by atoms with van der Waals surface area (Å²) in [6.45, 7) is 5.55. The van der Waals surface area contributed by atoms with Gasteiger partial charge >= 0.3 is 0 Å². The summed E-state index contributed by atoms with van der Waals surface area (Å²) >= 11 is 0. The zero-order valence-electron chi connectivity index (χ0n) is 10.6. The Hall–Kier alpha value is -1.67. The third-order valence-electron chi connectivity index (χ3n) is 2.84. The second-order valence-corrected chi connectivity index (χ2v) is 4.62. The van der Waals surface area contributed by atoms with Crippen LogP contribution < -0.4 is 0 Å². The molecule has 0 fully saturated rings. The van der Waals surface area contributed by atoms with Gasteiger partial charge in [0.2, 0.25) is 0 Å². The van der Waals surface area contributed by atoms with Crippen molar-refractivity contribution in [1.29, 1.82) is 0 Å². The molecule has 0 bridgehead atoms. The topological polar surface area (TPSA) is 3.24 Å². The van der Waals surface area contributed by atoms with Crippen LogP contribution in [-0.2, 0) is 13.1 Å². The molecule has 1 radical (unpaired) electrons. The normalized spacial score (nSPS) is 10.9. The molecule has 0 aliphatic rings. The van der Waals surface area contributed by atoms with Crippen molar-refractivity contribution in [2.75, 3.05) is 7.05 Å². The number of hydrogen-bond donors (Lipinski definition) is 0. The Kier molecular flexibility index (Phi) is 4.11. The minimum atomic E-state index is -0.188. The smallest absolute Gasteiger partial charge is 0.123 e. The number of nitrogens with zero attached hydrogens (tertiary/aromatic N) is 1. The molecule has 18 heavy (non-hydrogen) atoms. The summed E-state index contributed by atoms with van der Waals surface area (Å²) in [6, 6.07) is 14.9. The van der Waals surface area contributed by atoms with Crippen LogP contribution in [0.2, 0.25) is 0 Å². The van der Waals surface area contributed by atoms with E-state index < -0.39 is 0 Å². The molecule has 0 atom stereocenters. The Bertz CT molecular complexity index is 440. The van der Waals surface area contributed by atoms with Gasteiger partial charge in [-0.15, -0.1) is 0 Å². The third kappa shape index (κ3) is 3.67. The van der Waals surface area contributed by atoms with Gasteiger partial charge in [-0.3, -0.25) is 4.90 Å². The van der Waals surface area contributed by atoms with E-state index in [9.17, 15) is 4.39 Å². The lowest BCUT2D eigenvalue weighted by Crippen LogP contribution is -2.17.